The molecule has 49 heavy (non-hydrogen) atoms. The van der Waals surface area contributed by atoms with Crippen LogP contribution < -0.4 is 21.9 Å². The smallest absolute Gasteiger partial charge is 0.444 e. The van der Waals surface area contributed by atoms with Crippen LogP contribution in [0.3, 0.4) is 0 Å². The maximum absolute atomic E-state index is 14.1. The Balaban J connectivity index is 2.51. The number of nitrogens with one attached hydrogen (secondary N) is 3. The Morgan fingerprint density at radius 1 is 1.06 bits per heavy atom. The molecule has 0 aromatic carbocycles. The third-order valence-corrected chi connectivity index (χ3v) is 7.58. The summed E-state index contributed by atoms with van der Waals surface area (Å²) in [5.41, 5.74) is -2.54. The lowest BCUT2D eigenvalue weighted by molar-refractivity contribution is -0.141. The van der Waals surface area contributed by atoms with Gasteiger partial charge in [0.05, 0.1) is 12.6 Å². The predicted molar refractivity (Wildman–Crippen MR) is 197 cm³/mol. The average Bonchev–Trinajstić information content (AvgIpc) is 3.72. The number of ether oxygens (including phenoxy) is 3. The molecule has 246 valence electrons. The lowest BCUT2D eigenvalue weighted by Crippen LogP contribution is -2.64. The lowest BCUT2D eigenvalue weighted by Gasteiger charge is -2.35. The molecule has 24 heteroatoms. The van der Waals surface area contributed by atoms with Gasteiger partial charge in [-0.05, 0) is 48.0 Å². The molecule has 1 aromatic heterocycles. The number of carbonyl (C=O) groups is 4. The van der Waals surface area contributed by atoms with E-state index in [-0.39, 0.29) is 31.7 Å². The van der Waals surface area contributed by atoms with Gasteiger partial charge in [0.1, 0.15) is 31.4 Å². The number of aromatic amines is 1. The van der Waals surface area contributed by atoms with Gasteiger partial charge in [-0.3, -0.25) is 23.9 Å². The van der Waals surface area contributed by atoms with Crippen molar-refractivity contribution >= 4 is 94.9 Å². The number of methoxy groups -OCH3 is 1. The summed E-state index contributed by atoms with van der Waals surface area (Å²) in [6.45, 7) is 8.10. The van der Waals surface area contributed by atoms with Gasteiger partial charge < -0.3 is 29.7 Å². The Kier molecular flexibility index (Phi) is 14.9. The van der Waals surface area contributed by atoms with Crippen LogP contribution in [0.15, 0.2) is 27.2 Å². The number of nitrogens with zero attached hydrogens (tertiary/aromatic N) is 2. The minimum atomic E-state index is -1.25. The molecule has 2 rings (SSSR count). The van der Waals surface area contributed by atoms with Crippen LogP contribution in [0.5, 0.6) is 0 Å². The number of hydrogen-bond donors (Lipinski definition) is 3. The van der Waals surface area contributed by atoms with Crippen LogP contribution >= 0.6 is 0 Å². The molecule has 1 atom stereocenters. The van der Waals surface area contributed by atoms with Gasteiger partial charge >= 0.3 is 17.9 Å². The Bertz CT molecular complexity index is 1520. The Morgan fingerprint density at radius 3 is 2.24 bits per heavy atom. The van der Waals surface area contributed by atoms with E-state index in [0.717, 1.165) is 11.7 Å². The van der Waals surface area contributed by atoms with E-state index in [4.69, 9.17) is 48.2 Å². The van der Waals surface area contributed by atoms with Crippen molar-refractivity contribution in [1.82, 2.24) is 25.1 Å². The SMILES string of the molecule is [B]B([B])B([B])B(B([B])[B])B1C=C1CC(C(=O)NC(C)(C)COC(=O)OC)N(CCNC(=O)OC(C)(C)C)C(=O)Cn1cc(C)c(=O)[nH]c1=O. The third-order valence-electron chi connectivity index (χ3n) is 7.58. The number of hydrogen-bond acceptors (Lipinski definition) is 9. The quantitative estimate of drug-likeness (QED) is 0.122. The van der Waals surface area contributed by atoms with Gasteiger partial charge in [-0.25, -0.2) is 14.4 Å². The van der Waals surface area contributed by atoms with E-state index < -0.39 is 91.2 Å². The van der Waals surface area contributed by atoms with Crippen molar-refractivity contribution in [2.75, 3.05) is 26.8 Å². The minimum Gasteiger partial charge on any atom is -0.444 e. The van der Waals surface area contributed by atoms with Crippen LogP contribution in [0, 0.1) is 6.92 Å². The van der Waals surface area contributed by atoms with Crippen LogP contribution in [0.4, 0.5) is 9.59 Å². The zero-order valence-electron chi connectivity index (χ0n) is 29.1. The van der Waals surface area contributed by atoms with E-state index >= 15 is 0 Å². The molecule has 0 spiro atoms. The second-order valence-corrected chi connectivity index (χ2v) is 13.6. The highest BCUT2D eigenvalue weighted by Gasteiger charge is 2.45. The van der Waals surface area contributed by atoms with Crippen LogP contribution in [0.25, 0.3) is 0 Å². The molecule has 1 aromatic rings. The number of alkyl carbamates (subject to hydrolysis) is 1. The molecule has 0 saturated heterocycles. The molecule has 0 fully saturated rings. The van der Waals surface area contributed by atoms with Crippen molar-refractivity contribution in [2.45, 2.75) is 71.7 Å². The zero-order valence-corrected chi connectivity index (χ0v) is 29.1. The molecular formula is C25H37B10N5O9. The van der Waals surface area contributed by atoms with E-state index in [1.165, 1.54) is 18.0 Å². The summed E-state index contributed by atoms with van der Waals surface area (Å²) < 4.78 is 15.9. The van der Waals surface area contributed by atoms with Crippen LogP contribution in [-0.4, -0.2) is 153 Å². The highest BCUT2D eigenvalue weighted by atomic mass is 16.7. The normalized spacial score (nSPS) is 12.9. The summed E-state index contributed by atoms with van der Waals surface area (Å²) in [6, 6.07) is -1.25. The first-order chi connectivity index (χ1) is 22.6. The second-order valence-electron chi connectivity index (χ2n) is 13.6. The first-order valence-electron chi connectivity index (χ1n) is 15.6. The number of aromatic nitrogens is 2. The topological polar surface area (TPSA) is 178 Å². The average molecular weight is 660 g/mol. The summed E-state index contributed by atoms with van der Waals surface area (Å²) in [5, 5.41) is 5.37. The van der Waals surface area contributed by atoms with Gasteiger partial charge in [0.2, 0.25) is 11.8 Å². The molecule has 1 aliphatic rings. The van der Waals surface area contributed by atoms with Gasteiger partial charge in [-0.1, -0.05) is 0 Å². The number of aryl methyl sites for hydroxylation is 1. The summed E-state index contributed by atoms with van der Waals surface area (Å²) in [5.74, 6) is 0.436. The number of rotatable bonds is 16. The fourth-order valence-electron chi connectivity index (χ4n) is 5.08. The molecule has 2 heterocycles. The van der Waals surface area contributed by atoms with E-state index in [0.29, 0.717) is 5.47 Å². The number of H-pyrrole nitrogens is 1. The van der Waals surface area contributed by atoms with Crippen LogP contribution in [0.1, 0.15) is 46.6 Å². The highest BCUT2D eigenvalue weighted by Crippen LogP contribution is 2.29. The highest BCUT2D eigenvalue weighted by molar-refractivity contribution is 8.01. The van der Waals surface area contributed by atoms with Gasteiger partial charge in [0.25, 0.3) is 5.56 Å². The molecule has 3 N–H and O–H groups in total. The van der Waals surface area contributed by atoms with E-state index in [9.17, 15) is 28.8 Å². The van der Waals surface area contributed by atoms with Crippen LogP contribution in [0.2, 0.25) is 0 Å². The van der Waals surface area contributed by atoms with Gasteiger partial charge in [-0.2, -0.15) is 0 Å². The first-order valence-corrected chi connectivity index (χ1v) is 15.6. The van der Waals surface area contributed by atoms with Crippen molar-refractivity contribution in [1.29, 1.82) is 0 Å². The standard InChI is InChI=1S/C25H37B10N5O9/c1-15-12-39(21(44)37-19(15)42)13-18(41)40(9-8-36-22(45)49-24(2,3)4)17(20(43)38-25(5,6)14-48-23(46)47-7)10-16-11-31(16)35(33(28)29)34(30)32(26)27/h11-12,17H,8-10,13-14H2,1-7H3,(H,36,45)(H,38,43)(H,37,42,44). The number of amides is 3. The minimum absolute atomic E-state index is 0.0437. The van der Waals surface area contributed by atoms with Gasteiger partial charge in [0.15, 0.2) is 0 Å². The molecule has 0 bridgehead atoms. The second kappa shape index (κ2) is 17.5. The lowest BCUT2D eigenvalue weighted by atomic mass is 8.57. The van der Waals surface area contributed by atoms with Crippen molar-refractivity contribution in [2.24, 2.45) is 0 Å². The summed E-state index contributed by atoms with van der Waals surface area (Å²) in [6.07, 6.45) is -3.80. The van der Waals surface area contributed by atoms with E-state index in [1.54, 1.807) is 40.6 Å². The zero-order chi connectivity index (χ0) is 37.4. The van der Waals surface area contributed by atoms with Crippen LogP contribution in [-0.2, 0) is 30.3 Å². The van der Waals surface area contributed by atoms with Crippen molar-refractivity contribution < 1.29 is 33.4 Å². The van der Waals surface area contributed by atoms with Crippen molar-refractivity contribution in [3.05, 3.63) is 44.0 Å². The third kappa shape index (κ3) is 13.1. The molecular weight excluding hydrogens is 622 g/mol. The van der Waals surface area contributed by atoms with Gasteiger partial charge in [-0.15, -0.1) is 11.4 Å². The molecule has 1 unspecified atom stereocenters. The fourth-order valence-corrected chi connectivity index (χ4v) is 5.08. The summed E-state index contributed by atoms with van der Waals surface area (Å²) >= 11 is 0. The fraction of sp³-hybridized carbons (Fsp3) is 0.600. The Morgan fingerprint density at radius 2 is 1.69 bits per heavy atom. The largest absolute Gasteiger partial charge is 0.508 e. The number of carbonyl (C=O) groups excluding carboxylic acids is 4. The molecule has 1 aliphatic heterocycles. The molecule has 14 nitrogen and oxygen atoms in total. The molecule has 10 radical (unpaired) electrons. The molecule has 0 saturated carbocycles. The first kappa shape index (κ1) is 41.7. The summed E-state index contributed by atoms with van der Waals surface area (Å²) in [4.78, 5) is 80.0. The van der Waals surface area contributed by atoms with E-state index in [2.05, 4.69) is 20.4 Å². The maximum atomic E-state index is 14.1. The Hall–Kier alpha value is -3.45. The summed E-state index contributed by atoms with van der Waals surface area (Å²) in [7, 11) is 31.1. The van der Waals surface area contributed by atoms with E-state index in [1.807, 2.05) is 0 Å². The maximum Gasteiger partial charge on any atom is 0.508 e. The molecule has 0 aliphatic carbocycles. The van der Waals surface area contributed by atoms with Crippen molar-refractivity contribution in [3.8, 4) is 0 Å². The predicted octanol–water partition coefficient (Wildman–Crippen LogP) is -3.23. The molecule has 3 amide bonds. The monoisotopic (exact) mass is 661 g/mol. The van der Waals surface area contributed by atoms with Gasteiger partial charge in [0, 0.05) is 89.1 Å². The Labute approximate surface area is 295 Å². The van der Waals surface area contributed by atoms with Crippen molar-refractivity contribution in [3.63, 3.8) is 0 Å².